The molecule has 0 aliphatic rings. The van der Waals surface area contributed by atoms with Crippen LogP contribution < -0.4 is 0 Å². The van der Waals surface area contributed by atoms with Gasteiger partial charge < -0.3 is 9.84 Å². The first kappa shape index (κ1) is 10.4. The van der Waals surface area contributed by atoms with Gasteiger partial charge in [0.25, 0.3) is 0 Å². The average Bonchev–Trinajstić information content (AvgIpc) is 2.02. The van der Waals surface area contributed by atoms with Crippen LogP contribution >= 0.6 is 0 Å². The third-order valence-electron chi connectivity index (χ3n) is 1.90. The number of methoxy groups -OCH3 is 1. The molecular weight excluding hydrogens is 144 g/mol. The van der Waals surface area contributed by atoms with Gasteiger partial charge >= 0.3 is 5.97 Å². The van der Waals surface area contributed by atoms with Crippen LogP contribution in [0.3, 0.4) is 0 Å². The molecule has 0 amide bonds. The number of carbonyl (C=O) groups is 1. The molecule has 11 heavy (non-hydrogen) atoms. The van der Waals surface area contributed by atoms with E-state index >= 15 is 0 Å². The van der Waals surface area contributed by atoms with Crippen LogP contribution in [0, 0.1) is 5.92 Å². The quantitative estimate of drug-likeness (QED) is 0.623. The second-order valence-corrected chi connectivity index (χ2v) is 2.73. The van der Waals surface area contributed by atoms with E-state index in [9.17, 15) is 9.90 Å². The second-order valence-electron chi connectivity index (χ2n) is 2.73. The maximum absolute atomic E-state index is 10.7. The van der Waals surface area contributed by atoms with Crippen LogP contribution in [0.15, 0.2) is 0 Å². The van der Waals surface area contributed by atoms with Gasteiger partial charge in [-0.05, 0) is 5.92 Å². The van der Waals surface area contributed by atoms with Crippen molar-refractivity contribution < 1.29 is 14.6 Å². The lowest BCUT2D eigenvalue weighted by Gasteiger charge is -2.14. The van der Waals surface area contributed by atoms with E-state index in [0.29, 0.717) is 0 Å². The third-order valence-corrected chi connectivity index (χ3v) is 1.90. The van der Waals surface area contributed by atoms with Crippen LogP contribution in [0.1, 0.15) is 26.7 Å². The summed E-state index contributed by atoms with van der Waals surface area (Å²) in [7, 11) is 1.33. The maximum Gasteiger partial charge on any atom is 0.308 e. The third kappa shape index (κ3) is 3.98. The Labute approximate surface area is 67.4 Å². The predicted molar refractivity (Wildman–Crippen MR) is 42.1 cm³/mol. The lowest BCUT2D eigenvalue weighted by atomic mass is 10.00. The van der Waals surface area contributed by atoms with E-state index in [-0.39, 0.29) is 18.3 Å². The number of hydrogen-bond acceptors (Lipinski definition) is 3. The summed E-state index contributed by atoms with van der Waals surface area (Å²) in [5.41, 5.74) is 0. The fourth-order valence-corrected chi connectivity index (χ4v) is 0.727. The molecule has 0 saturated carbocycles. The molecular formula is C8H16O3. The molecule has 0 bridgehead atoms. The van der Waals surface area contributed by atoms with Gasteiger partial charge in [0.1, 0.15) is 0 Å². The van der Waals surface area contributed by atoms with Crippen molar-refractivity contribution in [2.45, 2.75) is 32.8 Å². The van der Waals surface area contributed by atoms with Gasteiger partial charge in [0, 0.05) is 0 Å². The molecule has 1 N–H and O–H groups in total. The number of esters is 1. The number of aliphatic hydroxyl groups is 1. The van der Waals surface area contributed by atoms with E-state index in [1.165, 1.54) is 7.11 Å². The van der Waals surface area contributed by atoms with E-state index in [2.05, 4.69) is 4.74 Å². The van der Waals surface area contributed by atoms with Crippen molar-refractivity contribution >= 4 is 5.97 Å². The zero-order valence-corrected chi connectivity index (χ0v) is 7.33. The molecule has 0 heterocycles. The number of rotatable bonds is 4. The van der Waals surface area contributed by atoms with Gasteiger partial charge in [-0.25, -0.2) is 0 Å². The van der Waals surface area contributed by atoms with E-state index in [1.807, 2.05) is 13.8 Å². The van der Waals surface area contributed by atoms with Crippen molar-refractivity contribution in [2.75, 3.05) is 7.11 Å². The molecule has 3 nitrogen and oxygen atoms in total. The van der Waals surface area contributed by atoms with E-state index in [0.717, 1.165) is 6.42 Å². The number of ether oxygens (including phenoxy) is 1. The minimum atomic E-state index is -0.563. The molecule has 0 aliphatic heterocycles. The largest absolute Gasteiger partial charge is 0.469 e. The van der Waals surface area contributed by atoms with Gasteiger partial charge in [-0.3, -0.25) is 4.79 Å². The molecule has 0 aromatic rings. The average molecular weight is 160 g/mol. The Morgan fingerprint density at radius 2 is 2.18 bits per heavy atom. The molecule has 0 aliphatic carbocycles. The molecule has 0 rings (SSSR count). The molecule has 0 radical (unpaired) electrons. The lowest BCUT2D eigenvalue weighted by Crippen LogP contribution is -2.21. The van der Waals surface area contributed by atoms with Gasteiger partial charge in [0.15, 0.2) is 0 Å². The summed E-state index contributed by atoms with van der Waals surface area (Å²) in [4.78, 5) is 10.7. The van der Waals surface area contributed by atoms with Crippen LogP contribution in [0.2, 0.25) is 0 Å². The van der Waals surface area contributed by atoms with E-state index < -0.39 is 6.10 Å². The molecule has 0 aromatic heterocycles. The Balaban J connectivity index is 3.67. The zero-order valence-electron chi connectivity index (χ0n) is 7.33. The lowest BCUT2D eigenvalue weighted by molar-refractivity contribution is -0.143. The highest BCUT2D eigenvalue weighted by atomic mass is 16.5. The Bertz CT molecular complexity index is 123. The minimum absolute atomic E-state index is 0.103. The van der Waals surface area contributed by atoms with Crippen LogP contribution in [0.5, 0.6) is 0 Å². The Hall–Kier alpha value is -0.570. The van der Waals surface area contributed by atoms with Gasteiger partial charge in [-0.15, -0.1) is 0 Å². The first-order valence-electron chi connectivity index (χ1n) is 3.86. The highest BCUT2D eigenvalue weighted by Crippen LogP contribution is 2.10. The molecule has 2 atom stereocenters. The van der Waals surface area contributed by atoms with Crippen LogP contribution in [0.4, 0.5) is 0 Å². The summed E-state index contributed by atoms with van der Waals surface area (Å²) in [5.74, 6) is -0.188. The van der Waals surface area contributed by atoms with Crippen LogP contribution in [0.25, 0.3) is 0 Å². The summed E-state index contributed by atoms with van der Waals surface area (Å²) >= 11 is 0. The van der Waals surface area contributed by atoms with Gasteiger partial charge in [-0.2, -0.15) is 0 Å². The summed E-state index contributed by atoms with van der Waals surface area (Å²) in [5, 5.41) is 9.32. The highest BCUT2D eigenvalue weighted by molar-refractivity contribution is 5.69. The number of carbonyl (C=O) groups excluding carboxylic acids is 1. The molecule has 0 unspecified atom stereocenters. The van der Waals surface area contributed by atoms with Crippen molar-refractivity contribution in [2.24, 2.45) is 5.92 Å². The first-order valence-corrected chi connectivity index (χ1v) is 3.86. The zero-order chi connectivity index (χ0) is 8.85. The summed E-state index contributed by atoms with van der Waals surface area (Å²) in [6.45, 7) is 3.89. The van der Waals surface area contributed by atoms with Crippen molar-refractivity contribution in [3.63, 3.8) is 0 Å². The summed E-state index contributed by atoms with van der Waals surface area (Å²) in [6.07, 6.45) is 0.413. The van der Waals surface area contributed by atoms with Crippen molar-refractivity contribution in [1.82, 2.24) is 0 Å². The number of aliphatic hydroxyl groups excluding tert-OH is 1. The first-order chi connectivity index (χ1) is 5.11. The van der Waals surface area contributed by atoms with Crippen molar-refractivity contribution in [1.29, 1.82) is 0 Å². The molecule has 0 fully saturated rings. The fourth-order valence-electron chi connectivity index (χ4n) is 0.727. The fraction of sp³-hybridized carbons (Fsp3) is 0.875. The molecule has 66 valence electrons. The monoisotopic (exact) mass is 160 g/mol. The smallest absolute Gasteiger partial charge is 0.308 e. The summed E-state index contributed by atoms with van der Waals surface area (Å²) < 4.78 is 4.42. The molecule has 0 saturated heterocycles. The number of hydrogen-bond donors (Lipinski definition) is 1. The Kier molecular flexibility index (Phi) is 4.86. The minimum Gasteiger partial charge on any atom is -0.469 e. The Morgan fingerprint density at radius 1 is 1.64 bits per heavy atom. The molecule has 0 spiro atoms. The molecule has 3 heteroatoms. The topological polar surface area (TPSA) is 46.5 Å². The second kappa shape index (κ2) is 5.13. The normalized spacial score (nSPS) is 15.6. The van der Waals surface area contributed by atoms with Gasteiger partial charge in [0.05, 0.1) is 19.6 Å². The standard InChI is InChI=1S/C8H16O3/c1-4-6(2)7(9)5-8(10)11-3/h6-7,9H,4-5H2,1-3H3/t6-,7-/m0/s1. The van der Waals surface area contributed by atoms with E-state index in [4.69, 9.17) is 0 Å². The molecule has 0 aromatic carbocycles. The highest BCUT2D eigenvalue weighted by Gasteiger charge is 2.16. The van der Waals surface area contributed by atoms with Gasteiger partial charge in [0.2, 0.25) is 0 Å². The maximum atomic E-state index is 10.7. The van der Waals surface area contributed by atoms with Crippen LogP contribution in [-0.2, 0) is 9.53 Å². The SMILES string of the molecule is CC[C@H](C)[C@@H](O)CC(=O)OC. The Morgan fingerprint density at radius 3 is 2.55 bits per heavy atom. The van der Waals surface area contributed by atoms with Crippen molar-refractivity contribution in [3.8, 4) is 0 Å². The van der Waals surface area contributed by atoms with Gasteiger partial charge in [-0.1, -0.05) is 20.3 Å². The van der Waals surface area contributed by atoms with Crippen LogP contribution in [-0.4, -0.2) is 24.3 Å². The predicted octanol–water partition coefficient (Wildman–Crippen LogP) is 0.956. The summed E-state index contributed by atoms with van der Waals surface area (Å²) in [6, 6.07) is 0. The van der Waals surface area contributed by atoms with E-state index in [1.54, 1.807) is 0 Å². The van der Waals surface area contributed by atoms with Crippen molar-refractivity contribution in [3.05, 3.63) is 0 Å².